The van der Waals surface area contributed by atoms with Gasteiger partial charge < -0.3 is 19.4 Å². The lowest BCUT2D eigenvalue weighted by Crippen LogP contribution is -2.39. The van der Waals surface area contributed by atoms with E-state index in [2.05, 4.69) is 10.2 Å². The van der Waals surface area contributed by atoms with Crippen molar-refractivity contribution in [2.24, 2.45) is 0 Å². The number of morpholine rings is 1. The quantitative estimate of drug-likeness (QED) is 0.551. The minimum absolute atomic E-state index is 0.0299. The van der Waals surface area contributed by atoms with Crippen LogP contribution in [0.1, 0.15) is 10.6 Å². The molecule has 158 valence electrons. The van der Waals surface area contributed by atoms with Crippen LogP contribution in [-0.4, -0.2) is 66.0 Å². The second-order valence-electron chi connectivity index (χ2n) is 7.06. The molecule has 2 aliphatic heterocycles. The summed E-state index contributed by atoms with van der Waals surface area (Å²) in [5.74, 6) is 0.228. The van der Waals surface area contributed by atoms with Crippen molar-refractivity contribution in [1.29, 1.82) is 0 Å². The van der Waals surface area contributed by atoms with E-state index in [0.717, 1.165) is 32.8 Å². The maximum Gasteiger partial charge on any atom is 0.289 e. The minimum Gasteiger partial charge on any atom is -0.451 e. The fourth-order valence-electron chi connectivity index (χ4n) is 3.31. The molecule has 0 radical (unpaired) electrons. The van der Waals surface area contributed by atoms with Crippen molar-refractivity contribution in [1.82, 2.24) is 15.1 Å². The first-order chi connectivity index (χ1) is 14.5. The van der Waals surface area contributed by atoms with Gasteiger partial charge in [0.1, 0.15) is 5.76 Å². The SMILES string of the molecule is CN1C=C(CN2CCOCC2)SC1NC(=O)c1ccc(-c2cccc([N+](=O)[O-])c2)o1. The first-order valence-electron chi connectivity index (χ1n) is 9.54. The summed E-state index contributed by atoms with van der Waals surface area (Å²) in [5.41, 5.74) is 0.294. The molecule has 1 N–H and O–H groups in total. The largest absolute Gasteiger partial charge is 0.451 e. The van der Waals surface area contributed by atoms with Gasteiger partial charge in [0.2, 0.25) is 0 Å². The fourth-order valence-corrected chi connectivity index (χ4v) is 4.48. The second kappa shape index (κ2) is 8.90. The predicted octanol–water partition coefficient (Wildman–Crippen LogP) is 2.72. The van der Waals surface area contributed by atoms with Crippen molar-refractivity contribution in [2.75, 3.05) is 39.9 Å². The summed E-state index contributed by atoms with van der Waals surface area (Å²) in [4.78, 5) is 28.6. The van der Waals surface area contributed by atoms with Gasteiger partial charge in [0, 0.05) is 55.5 Å². The molecule has 2 aliphatic rings. The Morgan fingerprint density at radius 3 is 2.87 bits per heavy atom. The fraction of sp³-hybridized carbons (Fsp3) is 0.350. The van der Waals surface area contributed by atoms with Crippen LogP contribution in [0.15, 0.2) is 51.9 Å². The van der Waals surface area contributed by atoms with Crippen LogP contribution in [0.2, 0.25) is 0 Å². The van der Waals surface area contributed by atoms with E-state index < -0.39 is 4.92 Å². The molecule has 1 fully saturated rings. The number of amides is 1. The van der Waals surface area contributed by atoms with Crippen LogP contribution in [-0.2, 0) is 4.74 Å². The van der Waals surface area contributed by atoms with Gasteiger partial charge in [0.25, 0.3) is 11.6 Å². The first-order valence-corrected chi connectivity index (χ1v) is 10.4. The number of carbonyl (C=O) groups is 1. The summed E-state index contributed by atoms with van der Waals surface area (Å²) in [6, 6.07) is 9.34. The molecule has 1 aromatic heterocycles. The van der Waals surface area contributed by atoms with E-state index in [0.29, 0.717) is 11.3 Å². The van der Waals surface area contributed by atoms with E-state index in [1.807, 2.05) is 18.1 Å². The van der Waals surface area contributed by atoms with Gasteiger partial charge >= 0.3 is 0 Å². The molecule has 1 unspecified atom stereocenters. The van der Waals surface area contributed by atoms with Crippen LogP contribution >= 0.6 is 11.8 Å². The lowest BCUT2D eigenvalue weighted by molar-refractivity contribution is -0.384. The Balaban J connectivity index is 1.37. The molecule has 4 rings (SSSR count). The number of nitrogens with zero attached hydrogens (tertiary/aromatic N) is 3. The van der Waals surface area contributed by atoms with Crippen LogP contribution in [0.3, 0.4) is 0 Å². The number of benzene rings is 1. The summed E-state index contributed by atoms with van der Waals surface area (Å²) >= 11 is 1.60. The molecule has 1 atom stereocenters. The van der Waals surface area contributed by atoms with Gasteiger partial charge in [-0.2, -0.15) is 0 Å². The normalized spacial score (nSPS) is 19.6. The van der Waals surface area contributed by atoms with Crippen molar-refractivity contribution in [2.45, 2.75) is 5.50 Å². The molecule has 0 aliphatic carbocycles. The predicted molar refractivity (Wildman–Crippen MR) is 113 cm³/mol. The number of non-ortho nitro benzene ring substituents is 1. The highest BCUT2D eigenvalue weighted by molar-refractivity contribution is 8.03. The summed E-state index contributed by atoms with van der Waals surface area (Å²) < 4.78 is 11.0. The summed E-state index contributed by atoms with van der Waals surface area (Å²) in [5, 5.41) is 13.9. The maximum atomic E-state index is 12.7. The number of rotatable bonds is 6. The zero-order valence-corrected chi connectivity index (χ0v) is 17.3. The van der Waals surface area contributed by atoms with Gasteiger partial charge in [-0.3, -0.25) is 19.8 Å². The Kier molecular flexibility index (Phi) is 6.07. The molecule has 0 spiro atoms. The van der Waals surface area contributed by atoms with Gasteiger partial charge in [-0.05, 0) is 12.1 Å². The summed E-state index contributed by atoms with van der Waals surface area (Å²) in [6.07, 6.45) is 2.04. The smallest absolute Gasteiger partial charge is 0.289 e. The third-order valence-corrected chi connectivity index (χ3v) is 6.10. The van der Waals surface area contributed by atoms with Crippen molar-refractivity contribution in [3.8, 4) is 11.3 Å². The van der Waals surface area contributed by atoms with Crippen molar-refractivity contribution < 1.29 is 18.9 Å². The molecule has 3 heterocycles. The van der Waals surface area contributed by atoms with Crippen LogP contribution < -0.4 is 5.32 Å². The zero-order chi connectivity index (χ0) is 21.1. The average molecular weight is 430 g/mol. The lowest BCUT2D eigenvalue weighted by Gasteiger charge is -2.26. The van der Waals surface area contributed by atoms with Gasteiger partial charge in [-0.15, -0.1) is 0 Å². The highest BCUT2D eigenvalue weighted by atomic mass is 32.2. The number of carbonyl (C=O) groups excluding carboxylic acids is 1. The highest BCUT2D eigenvalue weighted by Crippen LogP contribution is 2.31. The standard InChI is InChI=1S/C20H22N4O5S/c1-22-12-16(13-23-7-9-28-10-8-23)30-20(22)21-19(25)18-6-5-17(29-18)14-3-2-4-15(11-14)24(26)27/h2-6,11-12,20H,7-10,13H2,1H3,(H,21,25). The number of nitrogens with one attached hydrogen (secondary N) is 1. The lowest BCUT2D eigenvalue weighted by atomic mass is 10.1. The van der Waals surface area contributed by atoms with Gasteiger partial charge in [0.15, 0.2) is 11.3 Å². The monoisotopic (exact) mass is 430 g/mol. The van der Waals surface area contributed by atoms with E-state index in [9.17, 15) is 14.9 Å². The Morgan fingerprint density at radius 1 is 1.30 bits per heavy atom. The number of furan rings is 1. The van der Waals surface area contributed by atoms with Crippen molar-refractivity contribution in [3.63, 3.8) is 0 Å². The topological polar surface area (TPSA) is 101 Å². The highest BCUT2D eigenvalue weighted by Gasteiger charge is 2.27. The van der Waals surface area contributed by atoms with E-state index in [1.165, 1.54) is 17.0 Å². The maximum absolute atomic E-state index is 12.7. The van der Waals surface area contributed by atoms with E-state index >= 15 is 0 Å². The Labute approximate surface area is 177 Å². The molecule has 0 saturated carbocycles. The Morgan fingerprint density at radius 2 is 2.10 bits per heavy atom. The molecule has 1 amide bonds. The van der Waals surface area contributed by atoms with Gasteiger partial charge in [-0.25, -0.2) is 0 Å². The molecule has 0 bridgehead atoms. The number of hydrogen-bond acceptors (Lipinski definition) is 8. The van der Waals surface area contributed by atoms with Gasteiger partial charge in [-0.1, -0.05) is 23.9 Å². The third-order valence-electron chi connectivity index (χ3n) is 4.89. The molecule has 10 heteroatoms. The Hall–Kier alpha value is -2.82. The summed E-state index contributed by atoms with van der Waals surface area (Å²) in [7, 11) is 1.92. The van der Waals surface area contributed by atoms with Crippen molar-refractivity contribution in [3.05, 3.63) is 63.4 Å². The van der Waals surface area contributed by atoms with Gasteiger partial charge in [0.05, 0.1) is 18.1 Å². The first kappa shape index (κ1) is 20.5. The summed E-state index contributed by atoms with van der Waals surface area (Å²) in [6.45, 7) is 4.15. The minimum atomic E-state index is -0.464. The molecule has 9 nitrogen and oxygen atoms in total. The zero-order valence-electron chi connectivity index (χ0n) is 16.4. The number of ether oxygens (including phenoxy) is 1. The third kappa shape index (κ3) is 4.66. The van der Waals surface area contributed by atoms with Crippen LogP contribution in [0.25, 0.3) is 11.3 Å². The number of nitro benzene ring substituents is 1. The average Bonchev–Trinajstić information content (AvgIpc) is 3.36. The van der Waals surface area contributed by atoms with E-state index in [4.69, 9.17) is 9.15 Å². The Bertz CT molecular complexity index is 970. The number of hydrogen-bond donors (Lipinski definition) is 1. The molecular weight excluding hydrogens is 408 g/mol. The molecule has 1 saturated heterocycles. The molecule has 30 heavy (non-hydrogen) atoms. The van der Waals surface area contributed by atoms with Crippen LogP contribution in [0.4, 0.5) is 5.69 Å². The molecule has 2 aromatic rings. The van der Waals surface area contributed by atoms with E-state index in [-0.39, 0.29) is 22.9 Å². The van der Waals surface area contributed by atoms with Crippen LogP contribution in [0.5, 0.6) is 0 Å². The molecular formula is C20H22N4O5S. The van der Waals surface area contributed by atoms with E-state index in [1.54, 1.807) is 36.0 Å². The van der Waals surface area contributed by atoms with Crippen LogP contribution in [0, 0.1) is 10.1 Å². The number of thioether (sulfide) groups is 1. The number of nitro groups is 1. The van der Waals surface area contributed by atoms with Crippen molar-refractivity contribution >= 4 is 23.4 Å². The second-order valence-corrected chi connectivity index (χ2v) is 8.27. The molecule has 1 aromatic carbocycles.